The van der Waals surface area contributed by atoms with Gasteiger partial charge in [-0.15, -0.1) is 0 Å². The van der Waals surface area contributed by atoms with E-state index >= 15 is 0 Å². The first kappa shape index (κ1) is 10.6. The van der Waals surface area contributed by atoms with Gasteiger partial charge in [0.2, 0.25) is 0 Å². The zero-order valence-electron chi connectivity index (χ0n) is 9.07. The van der Waals surface area contributed by atoms with Crippen molar-refractivity contribution in [3.8, 4) is 0 Å². The molecular formula is C12H16FNO. The van der Waals surface area contributed by atoms with E-state index in [0.717, 1.165) is 18.4 Å². The van der Waals surface area contributed by atoms with Crippen LogP contribution in [0.5, 0.6) is 0 Å². The third-order valence-corrected chi connectivity index (χ3v) is 3.20. The van der Waals surface area contributed by atoms with Crippen LogP contribution in [0.4, 0.5) is 4.39 Å². The predicted octanol–water partition coefficient (Wildman–Crippen LogP) is 3.13. The zero-order chi connectivity index (χ0) is 11.1. The van der Waals surface area contributed by atoms with E-state index in [9.17, 15) is 9.60 Å². The highest BCUT2D eigenvalue weighted by Gasteiger charge is 2.39. The molecular weight excluding hydrogens is 193 g/mol. The topological polar surface area (TPSA) is 23.5 Å². The van der Waals surface area contributed by atoms with Gasteiger partial charge in [0, 0.05) is 5.54 Å². The molecule has 1 heterocycles. The van der Waals surface area contributed by atoms with E-state index in [0.29, 0.717) is 0 Å². The van der Waals surface area contributed by atoms with Crippen molar-refractivity contribution >= 4 is 0 Å². The molecule has 1 saturated heterocycles. The van der Waals surface area contributed by atoms with Gasteiger partial charge in [-0.25, -0.2) is 4.39 Å². The summed E-state index contributed by atoms with van der Waals surface area (Å²) in [7, 11) is 0. The summed E-state index contributed by atoms with van der Waals surface area (Å²) in [5.74, 6) is -0.236. The fourth-order valence-electron chi connectivity index (χ4n) is 2.14. The van der Waals surface area contributed by atoms with Crippen molar-refractivity contribution in [1.82, 2.24) is 5.06 Å². The highest BCUT2D eigenvalue weighted by atomic mass is 19.1. The lowest BCUT2D eigenvalue weighted by atomic mass is 10.0. The number of benzene rings is 1. The summed E-state index contributed by atoms with van der Waals surface area (Å²) in [5.41, 5.74) is 0.795. The fourth-order valence-corrected chi connectivity index (χ4v) is 2.14. The number of hydroxylamine groups is 2. The zero-order valence-corrected chi connectivity index (χ0v) is 9.07. The van der Waals surface area contributed by atoms with Gasteiger partial charge in [-0.1, -0.05) is 12.1 Å². The van der Waals surface area contributed by atoms with Crippen LogP contribution in [0.25, 0.3) is 0 Å². The summed E-state index contributed by atoms with van der Waals surface area (Å²) in [6, 6.07) is 6.36. The average molecular weight is 209 g/mol. The second-order valence-electron chi connectivity index (χ2n) is 4.76. The van der Waals surface area contributed by atoms with Gasteiger partial charge in [-0.2, -0.15) is 5.06 Å². The van der Waals surface area contributed by atoms with Crippen LogP contribution in [0, 0.1) is 5.82 Å². The Morgan fingerprint density at radius 3 is 2.40 bits per heavy atom. The lowest BCUT2D eigenvalue weighted by Gasteiger charge is -2.29. The molecule has 1 N–H and O–H groups in total. The molecule has 1 fully saturated rings. The number of halogens is 1. The Morgan fingerprint density at radius 1 is 1.33 bits per heavy atom. The molecule has 2 nitrogen and oxygen atoms in total. The molecule has 1 atom stereocenters. The van der Waals surface area contributed by atoms with Gasteiger partial charge in [0.15, 0.2) is 0 Å². The van der Waals surface area contributed by atoms with E-state index in [1.807, 2.05) is 13.8 Å². The number of rotatable bonds is 1. The van der Waals surface area contributed by atoms with Crippen LogP contribution in [-0.2, 0) is 0 Å². The van der Waals surface area contributed by atoms with E-state index in [4.69, 9.17) is 0 Å². The highest BCUT2D eigenvalue weighted by molar-refractivity contribution is 5.21. The molecule has 0 saturated carbocycles. The minimum absolute atomic E-state index is 0.000556. The molecule has 0 radical (unpaired) electrons. The molecule has 3 heteroatoms. The van der Waals surface area contributed by atoms with Crippen molar-refractivity contribution in [3.05, 3.63) is 35.6 Å². The quantitative estimate of drug-likeness (QED) is 0.768. The van der Waals surface area contributed by atoms with E-state index in [1.165, 1.54) is 17.2 Å². The molecule has 1 unspecified atom stereocenters. The SMILES string of the molecule is CC1(C)CCC(c2ccc(F)cc2)N1O. The standard InChI is InChI=1S/C12H16FNO/c1-12(2)8-7-11(14(12)15)9-3-5-10(13)6-4-9/h3-6,11,15H,7-8H2,1-2H3. The first-order valence-corrected chi connectivity index (χ1v) is 5.24. The molecule has 15 heavy (non-hydrogen) atoms. The van der Waals surface area contributed by atoms with Crippen LogP contribution in [-0.4, -0.2) is 15.8 Å². The molecule has 0 amide bonds. The maximum Gasteiger partial charge on any atom is 0.123 e. The summed E-state index contributed by atoms with van der Waals surface area (Å²) in [6.07, 6.45) is 1.86. The van der Waals surface area contributed by atoms with Crippen molar-refractivity contribution in [2.75, 3.05) is 0 Å². The Morgan fingerprint density at radius 2 is 1.93 bits per heavy atom. The first-order chi connectivity index (χ1) is 7.00. The predicted molar refractivity (Wildman–Crippen MR) is 56.1 cm³/mol. The van der Waals surface area contributed by atoms with Crippen LogP contribution in [0.15, 0.2) is 24.3 Å². The van der Waals surface area contributed by atoms with Crippen LogP contribution in [0.1, 0.15) is 38.3 Å². The Hall–Kier alpha value is -0.930. The van der Waals surface area contributed by atoms with Gasteiger partial charge in [0.1, 0.15) is 5.82 Å². The monoisotopic (exact) mass is 209 g/mol. The molecule has 1 aliphatic rings. The number of hydrogen-bond acceptors (Lipinski definition) is 2. The molecule has 0 aliphatic carbocycles. The summed E-state index contributed by atoms with van der Waals surface area (Å²) in [6.45, 7) is 4.02. The van der Waals surface area contributed by atoms with Gasteiger partial charge < -0.3 is 5.21 Å². The van der Waals surface area contributed by atoms with Crippen LogP contribution in [0.2, 0.25) is 0 Å². The van der Waals surface area contributed by atoms with Crippen molar-refractivity contribution in [3.63, 3.8) is 0 Å². The van der Waals surface area contributed by atoms with Crippen LogP contribution in [0.3, 0.4) is 0 Å². The van der Waals surface area contributed by atoms with E-state index in [2.05, 4.69) is 0 Å². The third kappa shape index (κ3) is 1.90. The van der Waals surface area contributed by atoms with Crippen LogP contribution >= 0.6 is 0 Å². The van der Waals surface area contributed by atoms with Crippen LogP contribution < -0.4 is 0 Å². The lowest BCUT2D eigenvalue weighted by molar-refractivity contribution is -0.165. The molecule has 82 valence electrons. The van der Waals surface area contributed by atoms with Gasteiger partial charge in [0.25, 0.3) is 0 Å². The highest BCUT2D eigenvalue weighted by Crippen LogP contribution is 2.40. The lowest BCUT2D eigenvalue weighted by Crippen LogP contribution is -2.36. The van der Waals surface area contributed by atoms with Crippen molar-refractivity contribution in [2.45, 2.75) is 38.3 Å². The maximum atomic E-state index is 12.7. The van der Waals surface area contributed by atoms with E-state index in [1.54, 1.807) is 12.1 Å². The summed E-state index contributed by atoms with van der Waals surface area (Å²) in [4.78, 5) is 0. The first-order valence-electron chi connectivity index (χ1n) is 5.24. The molecule has 1 aliphatic heterocycles. The molecule has 0 spiro atoms. The molecule has 2 rings (SSSR count). The number of hydrogen-bond donors (Lipinski definition) is 1. The second kappa shape index (κ2) is 3.58. The van der Waals surface area contributed by atoms with Gasteiger partial charge >= 0.3 is 0 Å². The van der Waals surface area contributed by atoms with Gasteiger partial charge in [0.05, 0.1) is 6.04 Å². The summed E-state index contributed by atoms with van der Waals surface area (Å²) < 4.78 is 12.7. The second-order valence-corrected chi connectivity index (χ2v) is 4.76. The largest absolute Gasteiger partial charge is 0.313 e. The minimum atomic E-state index is -0.236. The summed E-state index contributed by atoms with van der Waals surface area (Å²) >= 11 is 0. The Labute approximate surface area is 89.3 Å². The molecule has 1 aromatic rings. The van der Waals surface area contributed by atoms with E-state index in [-0.39, 0.29) is 17.4 Å². The van der Waals surface area contributed by atoms with Crippen molar-refractivity contribution in [2.24, 2.45) is 0 Å². The van der Waals surface area contributed by atoms with E-state index < -0.39 is 0 Å². The number of nitrogens with zero attached hydrogens (tertiary/aromatic N) is 1. The maximum absolute atomic E-state index is 12.7. The smallest absolute Gasteiger partial charge is 0.123 e. The van der Waals surface area contributed by atoms with Gasteiger partial charge in [-0.05, 0) is 44.4 Å². The van der Waals surface area contributed by atoms with Gasteiger partial charge in [-0.3, -0.25) is 0 Å². The Bertz CT molecular complexity index is 347. The van der Waals surface area contributed by atoms with Crippen molar-refractivity contribution < 1.29 is 9.60 Å². The fraction of sp³-hybridized carbons (Fsp3) is 0.500. The van der Waals surface area contributed by atoms with Crippen molar-refractivity contribution in [1.29, 1.82) is 0 Å². The minimum Gasteiger partial charge on any atom is -0.313 e. The molecule has 0 bridgehead atoms. The third-order valence-electron chi connectivity index (χ3n) is 3.20. The average Bonchev–Trinajstić information content (AvgIpc) is 2.45. The Kier molecular flexibility index (Phi) is 2.52. The normalized spacial score (nSPS) is 25.7. The molecule has 0 aromatic heterocycles. The molecule has 1 aromatic carbocycles. The Balaban J connectivity index is 2.23. The summed E-state index contributed by atoms with van der Waals surface area (Å²) in [5, 5.41) is 11.4.